The molecule has 1 aromatic carbocycles. The number of likely N-dealkylation sites (N-methyl/N-ethyl adjacent to an activating group) is 2. The molecule has 1 atom stereocenters. The Hall–Kier alpha value is -1.88. The third-order valence-electron chi connectivity index (χ3n) is 4.58. The van der Waals surface area contributed by atoms with E-state index in [-0.39, 0.29) is 0 Å². The molecule has 0 spiro atoms. The summed E-state index contributed by atoms with van der Waals surface area (Å²) in [5.74, 6) is -0.837. The summed E-state index contributed by atoms with van der Waals surface area (Å²) in [6.45, 7) is 2.01. The summed E-state index contributed by atoms with van der Waals surface area (Å²) < 4.78 is 0. The predicted molar refractivity (Wildman–Crippen MR) is 83.1 cm³/mol. The molecule has 0 aliphatic carbocycles. The van der Waals surface area contributed by atoms with Crippen molar-refractivity contribution in [3.8, 4) is 0 Å². The predicted octanol–water partition coefficient (Wildman–Crippen LogP) is 1.38. The summed E-state index contributed by atoms with van der Waals surface area (Å²) in [6.07, 6.45) is 2.37. The molecule has 1 amide bonds. The number of ketones is 1. The highest BCUT2D eigenvalue weighted by Gasteiger charge is 2.34. The molecule has 1 saturated heterocycles. The second-order valence-corrected chi connectivity index (χ2v) is 6.10. The number of amides is 1. The number of Topliss-reactive ketones (excluding diaryl/α,β-unsaturated/α-hetero) is 1. The Morgan fingerprint density at radius 2 is 2.00 bits per heavy atom. The van der Waals surface area contributed by atoms with Crippen LogP contribution < -0.4 is 9.80 Å². The van der Waals surface area contributed by atoms with E-state index in [0.717, 1.165) is 30.9 Å². The van der Waals surface area contributed by atoms with Gasteiger partial charge in [0.1, 0.15) is 0 Å². The fourth-order valence-corrected chi connectivity index (χ4v) is 3.17. The van der Waals surface area contributed by atoms with Crippen molar-refractivity contribution >= 4 is 23.1 Å². The molecule has 2 aliphatic rings. The first-order valence-corrected chi connectivity index (χ1v) is 7.37. The van der Waals surface area contributed by atoms with Gasteiger partial charge in [0.25, 0.3) is 11.7 Å². The lowest BCUT2D eigenvalue weighted by atomic mass is 10.0. The van der Waals surface area contributed by atoms with Crippen molar-refractivity contribution in [2.75, 3.05) is 44.0 Å². The Kier molecular flexibility index (Phi) is 3.45. The zero-order valence-electron chi connectivity index (χ0n) is 12.8. The van der Waals surface area contributed by atoms with Crippen molar-refractivity contribution in [1.29, 1.82) is 0 Å². The lowest BCUT2D eigenvalue weighted by Crippen LogP contribution is -2.45. The van der Waals surface area contributed by atoms with E-state index in [2.05, 4.69) is 23.9 Å². The monoisotopic (exact) mass is 287 g/mol. The van der Waals surface area contributed by atoms with E-state index >= 15 is 0 Å². The van der Waals surface area contributed by atoms with Crippen molar-refractivity contribution in [2.24, 2.45) is 0 Å². The first kappa shape index (κ1) is 14.1. The zero-order valence-corrected chi connectivity index (χ0v) is 12.8. The molecular weight excluding hydrogens is 266 g/mol. The van der Waals surface area contributed by atoms with Crippen LogP contribution in [-0.4, -0.2) is 56.9 Å². The zero-order chi connectivity index (χ0) is 15.1. The highest BCUT2D eigenvalue weighted by Crippen LogP contribution is 2.33. The molecule has 0 saturated carbocycles. The molecule has 5 nitrogen and oxygen atoms in total. The molecule has 112 valence electrons. The maximum Gasteiger partial charge on any atom is 0.299 e. The van der Waals surface area contributed by atoms with Gasteiger partial charge >= 0.3 is 0 Å². The second kappa shape index (κ2) is 5.15. The van der Waals surface area contributed by atoms with E-state index in [1.54, 1.807) is 13.1 Å². The maximum atomic E-state index is 11.8. The summed E-state index contributed by atoms with van der Waals surface area (Å²) in [5.41, 5.74) is 2.34. The number of piperidine rings is 1. The van der Waals surface area contributed by atoms with Crippen LogP contribution in [-0.2, 0) is 4.79 Å². The third-order valence-corrected chi connectivity index (χ3v) is 4.58. The van der Waals surface area contributed by atoms with E-state index in [0.29, 0.717) is 11.6 Å². The molecule has 5 heteroatoms. The smallest absolute Gasteiger partial charge is 0.299 e. The van der Waals surface area contributed by atoms with Gasteiger partial charge in [-0.05, 0) is 45.1 Å². The van der Waals surface area contributed by atoms with Gasteiger partial charge in [0, 0.05) is 31.9 Å². The second-order valence-electron chi connectivity index (χ2n) is 6.10. The number of fused-ring (bicyclic) bond motifs is 1. The minimum absolute atomic E-state index is 0.399. The number of hydrogen-bond donors (Lipinski definition) is 0. The Balaban J connectivity index is 1.88. The highest BCUT2D eigenvalue weighted by molar-refractivity contribution is 6.52. The van der Waals surface area contributed by atoms with Crippen molar-refractivity contribution in [3.05, 3.63) is 23.8 Å². The van der Waals surface area contributed by atoms with Gasteiger partial charge < -0.3 is 14.7 Å². The normalized spacial score (nSPS) is 22.2. The third kappa shape index (κ3) is 2.31. The fourth-order valence-electron chi connectivity index (χ4n) is 3.17. The Bertz CT molecular complexity index is 597. The molecule has 21 heavy (non-hydrogen) atoms. The quantitative estimate of drug-likeness (QED) is 0.771. The van der Waals surface area contributed by atoms with Crippen LogP contribution in [0.3, 0.4) is 0 Å². The minimum atomic E-state index is -0.438. The summed E-state index contributed by atoms with van der Waals surface area (Å²) >= 11 is 0. The van der Waals surface area contributed by atoms with E-state index in [1.807, 2.05) is 12.1 Å². The average molecular weight is 287 g/mol. The molecule has 2 heterocycles. The standard InChI is InChI=1S/C16H21N3O2/c1-17(2)12-5-4-8-19(10-12)11-6-7-13-14(9-11)18(3)16(21)15(13)20/h6-7,9,12H,4-5,8,10H2,1-3H3. The van der Waals surface area contributed by atoms with Crippen molar-refractivity contribution in [1.82, 2.24) is 4.90 Å². The van der Waals surface area contributed by atoms with Crippen LogP contribution in [0.25, 0.3) is 0 Å². The number of nitrogens with zero attached hydrogens (tertiary/aromatic N) is 3. The summed E-state index contributed by atoms with van der Waals surface area (Å²) in [4.78, 5) is 29.6. The Morgan fingerprint density at radius 1 is 1.24 bits per heavy atom. The van der Waals surface area contributed by atoms with E-state index in [4.69, 9.17) is 0 Å². The first-order valence-electron chi connectivity index (χ1n) is 7.37. The highest BCUT2D eigenvalue weighted by atomic mass is 16.2. The lowest BCUT2D eigenvalue weighted by molar-refractivity contribution is -0.114. The van der Waals surface area contributed by atoms with Crippen LogP contribution in [0.4, 0.5) is 11.4 Å². The molecule has 0 bridgehead atoms. The fraction of sp³-hybridized carbons (Fsp3) is 0.500. The molecule has 1 unspecified atom stereocenters. The van der Waals surface area contributed by atoms with Crippen molar-refractivity contribution in [3.63, 3.8) is 0 Å². The van der Waals surface area contributed by atoms with Crippen LogP contribution in [0.15, 0.2) is 18.2 Å². The molecule has 1 fully saturated rings. The topological polar surface area (TPSA) is 43.9 Å². The molecule has 3 rings (SSSR count). The maximum absolute atomic E-state index is 11.8. The van der Waals surface area contributed by atoms with Crippen LogP contribution in [0.2, 0.25) is 0 Å². The number of carbonyl (C=O) groups is 2. The Labute approximate surface area is 125 Å². The van der Waals surface area contributed by atoms with Gasteiger partial charge in [-0.1, -0.05) is 0 Å². The van der Waals surface area contributed by atoms with Gasteiger partial charge in [-0.25, -0.2) is 0 Å². The molecule has 0 radical (unpaired) electrons. The minimum Gasteiger partial charge on any atom is -0.370 e. The lowest BCUT2D eigenvalue weighted by Gasteiger charge is -2.37. The molecular formula is C16H21N3O2. The summed E-state index contributed by atoms with van der Waals surface area (Å²) in [7, 11) is 5.89. The van der Waals surface area contributed by atoms with Crippen molar-refractivity contribution in [2.45, 2.75) is 18.9 Å². The molecule has 2 aliphatic heterocycles. The first-order chi connectivity index (χ1) is 9.99. The van der Waals surface area contributed by atoms with Crippen molar-refractivity contribution < 1.29 is 9.59 Å². The van der Waals surface area contributed by atoms with E-state index in [1.165, 1.54) is 11.3 Å². The number of carbonyl (C=O) groups excluding carboxylic acids is 2. The number of rotatable bonds is 2. The van der Waals surface area contributed by atoms with Crippen LogP contribution in [0.5, 0.6) is 0 Å². The summed E-state index contributed by atoms with van der Waals surface area (Å²) in [5, 5.41) is 0. The van der Waals surface area contributed by atoms with Gasteiger partial charge in [0.05, 0.1) is 11.3 Å². The van der Waals surface area contributed by atoms with Crippen LogP contribution in [0.1, 0.15) is 23.2 Å². The van der Waals surface area contributed by atoms with Gasteiger partial charge in [0.2, 0.25) is 0 Å². The van der Waals surface area contributed by atoms with E-state index < -0.39 is 11.7 Å². The number of benzene rings is 1. The number of hydrogen-bond acceptors (Lipinski definition) is 4. The SMILES string of the molecule is CN1C(=O)C(=O)c2ccc(N3CCCC(N(C)C)C3)cc21. The van der Waals surface area contributed by atoms with Gasteiger partial charge in [-0.3, -0.25) is 9.59 Å². The van der Waals surface area contributed by atoms with Gasteiger partial charge in [0.15, 0.2) is 0 Å². The molecule has 1 aromatic rings. The number of anilines is 2. The molecule has 0 aromatic heterocycles. The van der Waals surface area contributed by atoms with Crippen LogP contribution in [0, 0.1) is 0 Å². The summed E-state index contributed by atoms with van der Waals surface area (Å²) in [6, 6.07) is 6.26. The van der Waals surface area contributed by atoms with E-state index in [9.17, 15) is 9.59 Å². The van der Waals surface area contributed by atoms with Gasteiger partial charge in [-0.15, -0.1) is 0 Å². The Morgan fingerprint density at radius 3 is 2.71 bits per heavy atom. The van der Waals surface area contributed by atoms with Gasteiger partial charge in [-0.2, -0.15) is 0 Å². The van der Waals surface area contributed by atoms with Crippen LogP contribution >= 0.6 is 0 Å². The average Bonchev–Trinajstić information content (AvgIpc) is 2.72. The molecule has 0 N–H and O–H groups in total. The largest absolute Gasteiger partial charge is 0.370 e.